The third-order valence-electron chi connectivity index (χ3n) is 2.67. The van der Waals surface area contributed by atoms with Crippen LogP contribution in [-0.4, -0.2) is 26.2 Å². The van der Waals surface area contributed by atoms with Crippen molar-refractivity contribution >= 4 is 15.7 Å². The summed E-state index contributed by atoms with van der Waals surface area (Å²) in [6, 6.07) is 3.22. The van der Waals surface area contributed by atoms with Crippen LogP contribution in [0.4, 0.5) is 5.82 Å². The Kier molecular flexibility index (Phi) is 5.59. The zero-order valence-corrected chi connectivity index (χ0v) is 12.1. The quantitative estimate of drug-likeness (QED) is 0.774. The van der Waals surface area contributed by atoms with Gasteiger partial charge in [-0.2, -0.15) is 0 Å². The lowest BCUT2D eigenvalue weighted by Crippen LogP contribution is -2.09. The number of unbranched alkanes of at least 4 members (excludes halogenated alkanes) is 1. The average Bonchev–Trinajstić information content (AvgIpc) is 2.27. The van der Waals surface area contributed by atoms with E-state index in [1.165, 1.54) is 12.7 Å². The monoisotopic (exact) mass is 270 g/mol. The minimum absolute atomic E-state index is 0.272. The Hall–Kier alpha value is -1.10. The molecule has 102 valence electrons. The van der Waals surface area contributed by atoms with E-state index in [-0.39, 0.29) is 4.90 Å². The number of aromatic nitrogens is 1. The molecule has 0 aromatic carbocycles. The Labute approximate surface area is 110 Å². The lowest BCUT2D eigenvalue weighted by Gasteiger charge is -2.09. The van der Waals surface area contributed by atoms with Crippen molar-refractivity contribution in [2.45, 2.75) is 38.0 Å². The minimum atomic E-state index is -3.21. The molecule has 1 aromatic rings. The number of nitrogens with one attached hydrogen (secondary N) is 1. The zero-order valence-electron chi connectivity index (χ0n) is 11.3. The van der Waals surface area contributed by atoms with Gasteiger partial charge in [0.15, 0.2) is 9.84 Å². The number of anilines is 1. The van der Waals surface area contributed by atoms with Crippen molar-refractivity contribution in [1.29, 1.82) is 0 Å². The van der Waals surface area contributed by atoms with Crippen LogP contribution in [0.3, 0.4) is 0 Å². The molecule has 0 aliphatic carbocycles. The van der Waals surface area contributed by atoms with E-state index in [4.69, 9.17) is 0 Å². The fraction of sp³-hybridized carbons (Fsp3) is 0.615. The van der Waals surface area contributed by atoms with Crippen LogP contribution in [0.15, 0.2) is 23.2 Å². The van der Waals surface area contributed by atoms with Crippen molar-refractivity contribution in [3.8, 4) is 0 Å². The molecule has 18 heavy (non-hydrogen) atoms. The Morgan fingerprint density at radius 3 is 2.67 bits per heavy atom. The van der Waals surface area contributed by atoms with Gasteiger partial charge in [-0.1, -0.05) is 26.7 Å². The van der Waals surface area contributed by atoms with E-state index in [2.05, 4.69) is 24.1 Å². The summed E-state index contributed by atoms with van der Waals surface area (Å²) in [4.78, 5) is 4.36. The van der Waals surface area contributed by atoms with Crippen molar-refractivity contribution in [3.63, 3.8) is 0 Å². The maximum atomic E-state index is 11.6. The van der Waals surface area contributed by atoms with Crippen LogP contribution in [0.2, 0.25) is 0 Å². The van der Waals surface area contributed by atoms with Crippen molar-refractivity contribution in [2.24, 2.45) is 5.92 Å². The molecule has 5 heteroatoms. The molecule has 0 aliphatic heterocycles. The Balaban J connectivity index is 2.53. The third kappa shape index (κ3) is 5.04. The number of hydrogen-bond donors (Lipinski definition) is 1. The van der Waals surface area contributed by atoms with Crippen molar-refractivity contribution < 1.29 is 8.42 Å². The molecule has 0 radical (unpaired) electrons. The molecule has 0 atom stereocenters. The lowest BCUT2D eigenvalue weighted by atomic mass is 10.1. The summed E-state index contributed by atoms with van der Waals surface area (Å²) in [5, 5.41) is 3.10. The Bertz CT molecular complexity index is 470. The standard InChI is InChI=1S/C13H22N2O2S/c1-11(2)7-4-5-9-14-13-12(18(3,16)17)8-6-10-15-13/h6,8,10-11H,4-5,7,9H2,1-3H3,(H,14,15). The lowest BCUT2D eigenvalue weighted by molar-refractivity contribution is 0.544. The molecule has 0 aliphatic rings. The van der Waals surface area contributed by atoms with Crippen LogP contribution in [-0.2, 0) is 9.84 Å². The highest BCUT2D eigenvalue weighted by atomic mass is 32.2. The molecule has 0 fully saturated rings. The number of pyridine rings is 1. The maximum absolute atomic E-state index is 11.6. The molecular formula is C13H22N2O2S. The van der Waals surface area contributed by atoms with E-state index in [1.54, 1.807) is 18.3 Å². The predicted molar refractivity (Wildman–Crippen MR) is 74.5 cm³/mol. The summed E-state index contributed by atoms with van der Waals surface area (Å²) < 4.78 is 23.1. The van der Waals surface area contributed by atoms with E-state index in [9.17, 15) is 8.42 Å². The molecule has 0 saturated heterocycles. The highest BCUT2D eigenvalue weighted by Gasteiger charge is 2.13. The fourth-order valence-electron chi connectivity index (χ4n) is 1.71. The SMILES string of the molecule is CC(C)CCCCNc1ncccc1S(C)(=O)=O. The first kappa shape index (κ1) is 15.0. The molecular weight excluding hydrogens is 248 g/mol. The molecule has 1 N–H and O–H groups in total. The molecule has 1 rings (SSSR count). The van der Waals surface area contributed by atoms with Gasteiger partial charge in [0.2, 0.25) is 0 Å². The normalized spacial score (nSPS) is 11.8. The molecule has 0 spiro atoms. The first-order valence-corrected chi connectivity index (χ1v) is 8.19. The van der Waals surface area contributed by atoms with E-state index in [0.717, 1.165) is 19.4 Å². The van der Waals surface area contributed by atoms with Gasteiger partial charge in [0, 0.05) is 19.0 Å². The fourth-order valence-corrected chi connectivity index (χ4v) is 2.51. The number of rotatable bonds is 7. The first-order valence-electron chi connectivity index (χ1n) is 6.30. The van der Waals surface area contributed by atoms with Crippen LogP contribution in [0, 0.1) is 5.92 Å². The summed E-state index contributed by atoms with van der Waals surface area (Å²) in [6.45, 7) is 5.16. The smallest absolute Gasteiger partial charge is 0.179 e. The molecule has 4 nitrogen and oxygen atoms in total. The van der Waals surface area contributed by atoms with Crippen molar-refractivity contribution in [1.82, 2.24) is 4.98 Å². The van der Waals surface area contributed by atoms with E-state index >= 15 is 0 Å². The molecule has 0 amide bonds. The largest absolute Gasteiger partial charge is 0.369 e. The summed E-state index contributed by atoms with van der Waals surface area (Å²) in [5.74, 6) is 1.18. The van der Waals surface area contributed by atoms with Crippen LogP contribution in [0.1, 0.15) is 33.1 Å². The van der Waals surface area contributed by atoms with E-state index < -0.39 is 9.84 Å². The minimum Gasteiger partial charge on any atom is -0.369 e. The average molecular weight is 270 g/mol. The highest BCUT2D eigenvalue weighted by Crippen LogP contribution is 2.17. The van der Waals surface area contributed by atoms with Gasteiger partial charge < -0.3 is 5.32 Å². The van der Waals surface area contributed by atoms with Gasteiger partial charge in [-0.25, -0.2) is 13.4 Å². The van der Waals surface area contributed by atoms with E-state index in [0.29, 0.717) is 11.7 Å². The predicted octanol–water partition coefficient (Wildman–Crippen LogP) is 2.72. The molecule has 0 saturated carbocycles. The summed E-state index contributed by atoms with van der Waals surface area (Å²) in [5.41, 5.74) is 0. The van der Waals surface area contributed by atoms with Crippen LogP contribution in [0.25, 0.3) is 0 Å². The number of sulfone groups is 1. The Morgan fingerprint density at radius 2 is 2.06 bits per heavy atom. The number of hydrogen-bond acceptors (Lipinski definition) is 4. The van der Waals surface area contributed by atoms with Gasteiger partial charge in [-0.05, 0) is 24.5 Å². The van der Waals surface area contributed by atoms with E-state index in [1.807, 2.05) is 0 Å². The zero-order chi connectivity index (χ0) is 13.6. The topological polar surface area (TPSA) is 59.1 Å². The van der Waals surface area contributed by atoms with Crippen LogP contribution < -0.4 is 5.32 Å². The summed E-state index contributed by atoms with van der Waals surface area (Å²) in [6.07, 6.45) is 6.17. The van der Waals surface area contributed by atoms with Crippen LogP contribution >= 0.6 is 0 Å². The van der Waals surface area contributed by atoms with Gasteiger partial charge in [0.05, 0.1) is 0 Å². The first-order chi connectivity index (χ1) is 8.41. The third-order valence-corrected chi connectivity index (χ3v) is 3.80. The van der Waals surface area contributed by atoms with Gasteiger partial charge in [0.25, 0.3) is 0 Å². The second-order valence-corrected chi connectivity index (χ2v) is 6.92. The molecule has 0 unspecified atom stereocenters. The van der Waals surface area contributed by atoms with Crippen molar-refractivity contribution in [2.75, 3.05) is 18.1 Å². The molecule has 1 heterocycles. The van der Waals surface area contributed by atoms with Gasteiger partial charge in [-0.15, -0.1) is 0 Å². The maximum Gasteiger partial charge on any atom is 0.179 e. The molecule has 1 aromatic heterocycles. The summed E-state index contributed by atoms with van der Waals surface area (Å²) >= 11 is 0. The highest BCUT2D eigenvalue weighted by molar-refractivity contribution is 7.90. The van der Waals surface area contributed by atoms with Gasteiger partial charge >= 0.3 is 0 Å². The Morgan fingerprint density at radius 1 is 1.33 bits per heavy atom. The van der Waals surface area contributed by atoms with Crippen LogP contribution in [0.5, 0.6) is 0 Å². The van der Waals surface area contributed by atoms with Gasteiger partial charge in [0.1, 0.15) is 10.7 Å². The number of nitrogens with zero attached hydrogens (tertiary/aromatic N) is 1. The molecule has 0 bridgehead atoms. The van der Waals surface area contributed by atoms with Crippen molar-refractivity contribution in [3.05, 3.63) is 18.3 Å². The summed E-state index contributed by atoms with van der Waals surface area (Å²) in [7, 11) is -3.21. The van der Waals surface area contributed by atoms with Gasteiger partial charge in [-0.3, -0.25) is 0 Å². The second kappa shape index (κ2) is 6.73. The second-order valence-electron chi connectivity index (χ2n) is 4.94.